The van der Waals surface area contributed by atoms with Crippen LogP contribution in [-0.4, -0.2) is 44.4 Å². The summed E-state index contributed by atoms with van der Waals surface area (Å²) >= 11 is 0. The second-order valence-corrected chi connectivity index (χ2v) is 8.71. The van der Waals surface area contributed by atoms with E-state index in [0.717, 1.165) is 28.9 Å². The molecule has 1 fully saturated rings. The van der Waals surface area contributed by atoms with Crippen molar-refractivity contribution >= 4 is 17.9 Å². The van der Waals surface area contributed by atoms with Crippen molar-refractivity contribution in [2.24, 2.45) is 0 Å². The second-order valence-electron chi connectivity index (χ2n) is 8.71. The number of cyclic esters (lactones) is 1. The van der Waals surface area contributed by atoms with Crippen LogP contribution in [-0.2, 0) is 23.8 Å². The van der Waals surface area contributed by atoms with Gasteiger partial charge in [0, 0.05) is 11.4 Å². The summed E-state index contributed by atoms with van der Waals surface area (Å²) in [4.78, 5) is 25.4. The van der Waals surface area contributed by atoms with E-state index in [9.17, 15) is 26.7 Å². The highest BCUT2D eigenvalue weighted by Crippen LogP contribution is 2.35. The van der Waals surface area contributed by atoms with Crippen LogP contribution in [0.1, 0.15) is 42.4 Å². The molecule has 36 heavy (non-hydrogen) atoms. The van der Waals surface area contributed by atoms with Crippen LogP contribution >= 0.6 is 0 Å². The van der Waals surface area contributed by atoms with Gasteiger partial charge in [0.05, 0.1) is 29.8 Å². The fourth-order valence-electron chi connectivity index (χ4n) is 4.53. The number of aromatic nitrogens is 4. The Balaban J connectivity index is 1.41. The predicted octanol–water partition coefficient (Wildman–Crippen LogP) is 4.78. The zero-order chi connectivity index (χ0) is 25.8. The second kappa shape index (κ2) is 8.71. The van der Waals surface area contributed by atoms with E-state index in [-0.39, 0.29) is 12.6 Å². The highest BCUT2D eigenvalue weighted by Gasteiger charge is 2.40. The summed E-state index contributed by atoms with van der Waals surface area (Å²) in [6.45, 7) is 2.78. The molecule has 0 unspecified atom stereocenters. The van der Waals surface area contributed by atoms with Crippen molar-refractivity contribution < 1.29 is 31.5 Å². The molecule has 13 heteroatoms. The van der Waals surface area contributed by atoms with E-state index in [1.165, 1.54) is 13.0 Å². The molecule has 190 valence electrons. The van der Waals surface area contributed by atoms with Crippen LogP contribution in [0.2, 0.25) is 0 Å². The standard InChI is InChI=1S/C23H21F5N6O2/c1-11(24)18-9-36-22(35)34(18)20-15(25)8-29-21(32-20)31-12(2)19-17-5-3-13-7-14(23(26,27)28)4-6-16(13)33(17)10-30-19/h4,6-8,10-12,18H,3,5,9H2,1-2H3,(H,29,31,32)/t11-,12-,18+/m0/s1. The van der Waals surface area contributed by atoms with Gasteiger partial charge in [0.2, 0.25) is 5.95 Å². The Bertz CT molecular complexity index is 1320. The molecule has 2 aromatic heterocycles. The Morgan fingerprint density at radius 1 is 1.19 bits per heavy atom. The quantitative estimate of drug-likeness (QED) is 0.500. The first-order valence-electron chi connectivity index (χ1n) is 11.2. The van der Waals surface area contributed by atoms with Crippen molar-refractivity contribution in [3.8, 4) is 5.69 Å². The average molecular weight is 508 g/mol. The molecule has 2 aliphatic rings. The summed E-state index contributed by atoms with van der Waals surface area (Å²) < 4.78 is 74.4. The monoisotopic (exact) mass is 508 g/mol. The predicted molar refractivity (Wildman–Crippen MR) is 118 cm³/mol. The normalized spacial score (nSPS) is 18.9. The van der Waals surface area contributed by atoms with Gasteiger partial charge in [0.1, 0.15) is 18.8 Å². The number of carbonyl (C=O) groups is 1. The molecule has 5 rings (SSSR count). The third-order valence-corrected chi connectivity index (χ3v) is 6.34. The number of rotatable bonds is 5. The van der Waals surface area contributed by atoms with Crippen LogP contribution in [0.5, 0.6) is 0 Å². The van der Waals surface area contributed by atoms with Gasteiger partial charge >= 0.3 is 12.3 Å². The van der Waals surface area contributed by atoms with Gasteiger partial charge in [-0.2, -0.15) is 18.2 Å². The van der Waals surface area contributed by atoms with Crippen molar-refractivity contribution in [3.63, 3.8) is 0 Å². The summed E-state index contributed by atoms with van der Waals surface area (Å²) in [5, 5.41) is 3.01. The van der Waals surface area contributed by atoms with Gasteiger partial charge in [-0.05, 0) is 50.5 Å². The number of imidazole rings is 1. The van der Waals surface area contributed by atoms with E-state index in [1.54, 1.807) is 17.8 Å². The minimum atomic E-state index is -4.42. The maximum Gasteiger partial charge on any atom is 0.416 e. The minimum absolute atomic E-state index is 0.0170. The van der Waals surface area contributed by atoms with Gasteiger partial charge in [-0.3, -0.25) is 0 Å². The molecule has 8 nitrogen and oxygen atoms in total. The lowest BCUT2D eigenvalue weighted by molar-refractivity contribution is -0.137. The van der Waals surface area contributed by atoms with Crippen LogP contribution in [0.4, 0.5) is 38.5 Å². The zero-order valence-electron chi connectivity index (χ0n) is 19.2. The van der Waals surface area contributed by atoms with Crippen LogP contribution in [0.15, 0.2) is 30.7 Å². The van der Waals surface area contributed by atoms with E-state index in [2.05, 4.69) is 20.3 Å². The van der Waals surface area contributed by atoms with Crippen molar-refractivity contribution in [2.45, 2.75) is 51.1 Å². The smallest absolute Gasteiger partial charge is 0.416 e. The molecule has 3 aromatic rings. The lowest BCUT2D eigenvalue weighted by Gasteiger charge is -2.23. The van der Waals surface area contributed by atoms with Gasteiger partial charge in [0.25, 0.3) is 0 Å². The summed E-state index contributed by atoms with van der Waals surface area (Å²) in [5.74, 6) is -1.33. The Morgan fingerprint density at radius 2 is 1.97 bits per heavy atom. The van der Waals surface area contributed by atoms with Crippen molar-refractivity contribution in [1.82, 2.24) is 19.5 Å². The number of benzene rings is 1. The van der Waals surface area contributed by atoms with Crippen LogP contribution in [0.3, 0.4) is 0 Å². The summed E-state index contributed by atoms with van der Waals surface area (Å²) in [6, 6.07) is 2.12. The molecule has 1 N–H and O–H groups in total. The zero-order valence-corrected chi connectivity index (χ0v) is 19.2. The highest BCUT2D eigenvalue weighted by molar-refractivity contribution is 5.89. The Morgan fingerprint density at radius 3 is 2.69 bits per heavy atom. The van der Waals surface area contributed by atoms with Crippen molar-refractivity contribution in [3.05, 3.63) is 59.1 Å². The lowest BCUT2D eigenvalue weighted by atomic mass is 9.97. The number of alkyl halides is 4. The van der Waals surface area contributed by atoms with E-state index in [0.29, 0.717) is 29.8 Å². The van der Waals surface area contributed by atoms with Gasteiger partial charge < -0.3 is 14.6 Å². The number of ether oxygens (including phenoxy) is 1. The molecule has 1 aromatic carbocycles. The van der Waals surface area contributed by atoms with Crippen LogP contribution in [0, 0.1) is 5.82 Å². The molecule has 4 heterocycles. The number of halogens is 5. The van der Waals surface area contributed by atoms with Crippen molar-refractivity contribution in [2.75, 3.05) is 16.8 Å². The largest absolute Gasteiger partial charge is 0.447 e. The summed E-state index contributed by atoms with van der Waals surface area (Å²) in [6.07, 6.45) is -3.53. The third kappa shape index (κ3) is 4.11. The fraction of sp³-hybridized carbons (Fsp3) is 0.391. The lowest BCUT2D eigenvalue weighted by Crippen LogP contribution is -2.40. The molecule has 2 aliphatic heterocycles. The number of nitrogens with one attached hydrogen (secondary N) is 1. The van der Waals surface area contributed by atoms with Gasteiger partial charge in [-0.1, -0.05) is 0 Å². The number of fused-ring (bicyclic) bond motifs is 3. The van der Waals surface area contributed by atoms with Gasteiger partial charge in [0.15, 0.2) is 11.6 Å². The SMILES string of the molecule is C[C@H](Nc1ncc(F)c(N2C(=O)OC[C@@H]2[C@H](C)F)n1)c1ncn2c1CCc1cc(C(F)(F)F)ccc1-2. The molecule has 0 saturated carbocycles. The van der Waals surface area contributed by atoms with E-state index >= 15 is 0 Å². The van der Waals surface area contributed by atoms with E-state index in [4.69, 9.17) is 4.74 Å². The first-order valence-corrected chi connectivity index (χ1v) is 11.2. The number of nitrogens with zero attached hydrogens (tertiary/aromatic N) is 5. The Hall–Kier alpha value is -3.77. The van der Waals surface area contributed by atoms with E-state index < -0.39 is 47.7 Å². The number of carbonyl (C=O) groups excluding carboxylic acids is 1. The maximum atomic E-state index is 14.5. The Kier molecular flexibility index (Phi) is 5.80. The average Bonchev–Trinajstić information content (AvgIpc) is 3.43. The highest BCUT2D eigenvalue weighted by atomic mass is 19.4. The number of hydrogen-bond donors (Lipinski definition) is 1. The maximum absolute atomic E-state index is 14.5. The van der Waals surface area contributed by atoms with Crippen molar-refractivity contribution in [1.29, 1.82) is 0 Å². The molecule has 0 spiro atoms. The Labute approximate surface area is 202 Å². The number of amides is 1. The number of hydrogen-bond acceptors (Lipinski definition) is 6. The topological polar surface area (TPSA) is 85.2 Å². The summed E-state index contributed by atoms with van der Waals surface area (Å²) in [5.41, 5.74) is 1.91. The van der Waals surface area contributed by atoms with Crippen LogP contribution in [0.25, 0.3) is 5.69 Å². The van der Waals surface area contributed by atoms with Gasteiger partial charge in [-0.15, -0.1) is 0 Å². The fourth-order valence-corrected chi connectivity index (χ4v) is 4.53. The first kappa shape index (κ1) is 23.9. The number of anilines is 2. The molecule has 0 aliphatic carbocycles. The molecule has 1 amide bonds. The first-order chi connectivity index (χ1) is 17.0. The van der Waals surface area contributed by atoms with E-state index in [1.807, 2.05) is 0 Å². The minimum Gasteiger partial charge on any atom is -0.447 e. The number of aryl methyl sites for hydroxylation is 1. The third-order valence-electron chi connectivity index (χ3n) is 6.34. The molecular formula is C23H21F5N6O2. The molecule has 1 saturated heterocycles. The molecule has 0 bridgehead atoms. The summed E-state index contributed by atoms with van der Waals surface area (Å²) in [7, 11) is 0. The molecule has 0 radical (unpaired) electrons. The molecule has 3 atom stereocenters. The van der Waals surface area contributed by atoms with Crippen LogP contribution < -0.4 is 10.2 Å². The van der Waals surface area contributed by atoms with Gasteiger partial charge in [-0.25, -0.2) is 28.4 Å². The molecular weight excluding hydrogens is 487 g/mol.